The van der Waals surface area contributed by atoms with Crippen molar-refractivity contribution < 1.29 is 0 Å². The van der Waals surface area contributed by atoms with Crippen molar-refractivity contribution in [2.75, 3.05) is 5.75 Å². The Bertz CT molecular complexity index is 589. The van der Waals surface area contributed by atoms with Crippen molar-refractivity contribution >= 4 is 22.7 Å². The highest BCUT2D eigenvalue weighted by atomic mass is 32.2. The maximum atomic E-state index is 12.4. The minimum atomic E-state index is 0.0570. The molecule has 0 spiro atoms. The van der Waals surface area contributed by atoms with Crippen molar-refractivity contribution in [1.29, 1.82) is 0 Å². The number of thioether (sulfide) groups is 1. The summed E-state index contributed by atoms with van der Waals surface area (Å²) in [5.74, 6) is 0.914. The number of aromatic nitrogens is 2. The second kappa shape index (κ2) is 4.92. The molecule has 4 heteroatoms. The van der Waals surface area contributed by atoms with Gasteiger partial charge in [0.15, 0.2) is 5.16 Å². The average molecular weight is 248 g/mol. The lowest BCUT2D eigenvalue weighted by molar-refractivity contribution is 0.519. The molecule has 0 aliphatic rings. The number of fused-ring (bicyclic) bond motifs is 1. The zero-order chi connectivity index (χ0) is 12.4. The lowest BCUT2D eigenvalue weighted by Gasteiger charge is -2.15. The molecule has 0 radical (unpaired) electrons. The lowest BCUT2D eigenvalue weighted by atomic mass is 10.2. The van der Waals surface area contributed by atoms with Crippen LogP contribution in [-0.2, 0) is 0 Å². The van der Waals surface area contributed by atoms with E-state index < -0.39 is 0 Å². The summed E-state index contributed by atoms with van der Waals surface area (Å²) in [6, 6.07) is 7.65. The van der Waals surface area contributed by atoms with Gasteiger partial charge in [0.05, 0.1) is 10.9 Å². The van der Waals surface area contributed by atoms with Gasteiger partial charge in [0.1, 0.15) is 0 Å². The molecular formula is C13H16N2OS. The Morgan fingerprint density at radius 3 is 2.71 bits per heavy atom. The highest BCUT2D eigenvalue weighted by molar-refractivity contribution is 7.99. The van der Waals surface area contributed by atoms with Gasteiger partial charge in [-0.2, -0.15) is 0 Å². The summed E-state index contributed by atoms with van der Waals surface area (Å²) in [5, 5.41) is 1.51. The fourth-order valence-electron chi connectivity index (χ4n) is 1.81. The average Bonchev–Trinajstić information content (AvgIpc) is 2.29. The summed E-state index contributed by atoms with van der Waals surface area (Å²) >= 11 is 1.61. The highest BCUT2D eigenvalue weighted by Gasteiger charge is 2.12. The number of nitrogens with zero attached hydrogens (tertiary/aromatic N) is 2. The van der Waals surface area contributed by atoms with Gasteiger partial charge in [-0.3, -0.25) is 9.36 Å². The van der Waals surface area contributed by atoms with Crippen molar-refractivity contribution in [2.45, 2.75) is 32.0 Å². The summed E-state index contributed by atoms with van der Waals surface area (Å²) in [5.41, 5.74) is 0.840. The van der Waals surface area contributed by atoms with Crippen LogP contribution in [0.4, 0.5) is 0 Å². The Morgan fingerprint density at radius 1 is 1.35 bits per heavy atom. The van der Waals surface area contributed by atoms with E-state index in [1.807, 2.05) is 38.1 Å². The van der Waals surface area contributed by atoms with Gasteiger partial charge in [-0.15, -0.1) is 0 Å². The molecule has 0 atom stereocenters. The topological polar surface area (TPSA) is 34.9 Å². The predicted molar refractivity (Wildman–Crippen MR) is 72.8 cm³/mol. The molecule has 3 nitrogen and oxygen atoms in total. The SMILES string of the molecule is CCSc1nc2ccccc2c(=O)n1C(C)C. The summed E-state index contributed by atoms with van der Waals surface area (Å²) in [4.78, 5) is 16.9. The van der Waals surface area contributed by atoms with Gasteiger partial charge in [0, 0.05) is 6.04 Å². The maximum Gasteiger partial charge on any atom is 0.262 e. The first kappa shape index (κ1) is 12.2. The van der Waals surface area contributed by atoms with Crippen molar-refractivity contribution in [2.24, 2.45) is 0 Å². The van der Waals surface area contributed by atoms with Crippen molar-refractivity contribution in [3.8, 4) is 0 Å². The molecule has 2 rings (SSSR count). The van der Waals surface area contributed by atoms with Gasteiger partial charge in [0.25, 0.3) is 5.56 Å². The summed E-state index contributed by atoms with van der Waals surface area (Å²) < 4.78 is 1.77. The molecule has 1 aromatic carbocycles. The molecule has 1 aromatic heterocycles. The molecule has 2 aromatic rings. The molecule has 0 aliphatic carbocycles. The second-order valence-corrected chi connectivity index (χ2v) is 5.34. The zero-order valence-electron chi connectivity index (χ0n) is 10.3. The van der Waals surface area contributed by atoms with E-state index in [0.717, 1.165) is 16.4 Å². The maximum absolute atomic E-state index is 12.4. The quantitative estimate of drug-likeness (QED) is 0.618. The molecule has 0 fully saturated rings. The molecule has 90 valence electrons. The Morgan fingerprint density at radius 2 is 2.06 bits per heavy atom. The first-order chi connectivity index (χ1) is 8.15. The summed E-state index contributed by atoms with van der Waals surface area (Å²) in [6.07, 6.45) is 0. The highest BCUT2D eigenvalue weighted by Crippen LogP contribution is 2.20. The minimum Gasteiger partial charge on any atom is -0.285 e. The molecule has 0 saturated carbocycles. The summed E-state index contributed by atoms with van der Waals surface area (Å²) in [6.45, 7) is 6.09. The van der Waals surface area contributed by atoms with E-state index in [2.05, 4.69) is 11.9 Å². The Labute approximate surface area is 105 Å². The standard InChI is InChI=1S/C13H16N2OS/c1-4-17-13-14-11-8-6-5-7-10(11)12(16)15(13)9(2)3/h5-9H,4H2,1-3H3. The molecule has 0 aliphatic heterocycles. The van der Waals surface area contributed by atoms with Crippen LogP contribution in [0.25, 0.3) is 10.9 Å². The molecule has 0 bridgehead atoms. The van der Waals surface area contributed by atoms with E-state index in [0.29, 0.717) is 5.39 Å². The molecule has 0 saturated heterocycles. The van der Waals surface area contributed by atoms with Crippen LogP contribution >= 0.6 is 11.8 Å². The Hall–Kier alpha value is -1.29. The lowest BCUT2D eigenvalue weighted by Crippen LogP contribution is -2.25. The largest absolute Gasteiger partial charge is 0.285 e. The van der Waals surface area contributed by atoms with Crippen LogP contribution in [0, 0.1) is 0 Å². The Balaban J connectivity index is 2.79. The van der Waals surface area contributed by atoms with Crippen LogP contribution in [0.3, 0.4) is 0 Å². The molecule has 1 heterocycles. The number of hydrogen-bond donors (Lipinski definition) is 0. The normalized spacial score (nSPS) is 11.3. The van der Waals surface area contributed by atoms with Gasteiger partial charge < -0.3 is 0 Å². The van der Waals surface area contributed by atoms with E-state index in [4.69, 9.17) is 0 Å². The number of benzene rings is 1. The molecule has 0 unspecified atom stereocenters. The smallest absolute Gasteiger partial charge is 0.262 e. The molecular weight excluding hydrogens is 232 g/mol. The summed E-state index contributed by atoms with van der Waals surface area (Å²) in [7, 11) is 0. The first-order valence-corrected chi connectivity index (χ1v) is 6.77. The fourth-order valence-corrected chi connectivity index (χ4v) is 2.67. The van der Waals surface area contributed by atoms with E-state index in [1.165, 1.54) is 0 Å². The number of hydrogen-bond acceptors (Lipinski definition) is 3. The molecule has 17 heavy (non-hydrogen) atoms. The zero-order valence-corrected chi connectivity index (χ0v) is 11.1. The monoisotopic (exact) mass is 248 g/mol. The van der Waals surface area contributed by atoms with Crippen LogP contribution in [0.1, 0.15) is 26.8 Å². The van der Waals surface area contributed by atoms with Gasteiger partial charge >= 0.3 is 0 Å². The third kappa shape index (κ3) is 2.22. The van der Waals surface area contributed by atoms with Gasteiger partial charge in [-0.05, 0) is 31.7 Å². The molecule has 0 N–H and O–H groups in total. The number of para-hydroxylation sites is 1. The second-order valence-electron chi connectivity index (χ2n) is 4.11. The van der Waals surface area contributed by atoms with Crippen molar-refractivity contribution in [3.63, 3.8) is 0 Å². The van der Waals surface area contributed by atoms with Crippen LogP contribution in [-0.4, -0.2) is 15.3 Å². The van der Waals surface area contributed by atoms with Crippen molar-refractivity contribution in [3.05, 3.63) is 34.6 Å². The first-order valence-electron chi connectivity index (χ1n) is 5.79. The third-order valence-corrected chi connectivity index (χ3v) is 3.40. The van der Waals surface area contributed by atoms with Crippen LogP contribution < -0.4 is 5.56 Å². The Kier molecular flexibility index (Phi) is 3.52. The van der Waals surface area contributed by atoms with E-state index in [9.17, 15) is 4.79 Å². The van der Waals surface area contributed by atoms with Crippen molar-refractivity contribution in [1.82, 2.24) is 9.55 Å². The third-order valence-electron chi connectivity index (χ3n) is 2.57. The predicted octanol–water partition coefficient (Wildman–Crippen LogP) is 3.09. The van der Waals surface area contributed by atoms with E-state index in [1.54, 1.807) is 16.3 Å². The van der Waals surface area contributed by atoms with Gasteiger partial charge in [-0.25, -0.2) is 4.98 Å². The molecule has 0 amide bonds. The van der Waals surface area contributed by atoms with Crippen LogP contribution in [0.5, 0.6) is 0 Å². The number of rotatable bonds is 3. The van der Waals surface area contributed by atoms with E-state index >= 15 is 0 Å². The minimum absolute atomic E-state index is 0.0570. The van der Waals surface area contributed by atoms with Gasteiger partial charge in [-0.1, -0.05) is 30.8 Å². The van der Waals surface area contributed by atoms with E-state index in [-0.39, 0.29) is 11.6 Å². The van der Waals surface area contributed by atoms with Crippen LogP contribution in [0.15, 0.2) is 34.2 Å². The fraction of sp³-hybridized carbons (Fsp3) is 0.385. The van der Waals surface area contributed by atoms with Gasteiger partial charge in [0.2, 0.25) is 0 Å². The van der Waals surface area contributed by atoms with Crippen LogP contribution in [0.2, 0.25) is 0 Å².